The van der Waals surface area contributed by atoms with Crippen LogP contribution in [0.5, 0.6) is 0 Å². The van der Waals surface area contributed by atoms with Gasteiger partial charge in [0.15, 0.2) is 0 Å². The van der Waals surface area contributed by atoms with E-state index in [1.807, 2.05) is 37.5 Å². The maximum absolute atomic E-state index is 13.2. The van der Waals surface area contributed by atoms with Gasteiger partial charge in [-0.05, 0) is 17.7 Å². The SMILES string of the molecule is C=C(NC(=O)C(=C)n1cnc2c(-c3ccc4cn(C)nc4c3)cccc2c1=O)C(=O)N1CC(O)C1. The number of rotatable bonds is 5. The molecule has 2 aromatic carbocycles. The van der Waals surface area contributed by atoms with Crippen LogP contribution < -0.4 is 10.9 Å². The molecular weight excluding hydrogens is 448 g/mol. The first-order valence-corrected chi connectivity index (χ1v) is 10.8. The number of para-hydroxylation sites is 1. The van der Waals surface area contributed by atoms with E-state index in [1.54, 1.807) is 16.8 Å². The molecule has 0 radical (unpaired) electrons. The van der Waals surface area contributed by atoms with Gasteiger partial charge in [-0.25, -0.2) is 4.98 Å². The molecule has 1 fully saturated rings. The molecule has 1 saturated heterocycles. The molecule has 0 spiro atoms. The normalized spacial score (nSPS) is 13.6. The van der Waals surface area contributed by atoms with E-state index in [0.717, 1.165) is 26.6 Å². The number of carbonyl (C=O) groups excluding carboxylic acids is 2. The molecule has 2 N–H and O–H groups in total. The number of benzene rings is 2. The maximum atomic E-state index is 13.2. The van der Waals surface area contributed by atoms with Crippen molar-refractivity contribution in [3.05, 3.63) is 78.1 Å². The average molecular weight is 470 g/mol. The van der Waals surface area contributed by atoms with Crippen molar-refractivity contribution in [1.82, 2.24) is 29.5 Å². The standard InChI is InChI=1S/C25H22N6O4/c1-14(24(34)30-11-18(32)12-30)27-23(33)15(2)31-13-26-22-19(5-4-6-20(22)25(31)35)16-7-8-17-10-29(3)28-21(17)9-16/h4-10,13,18,32H,1-2,11-12H2,3H3,(H,27,33). The first kappa shape index (κ1) is 22.2. The highest BCUT2D eigenvalue weighted by atomic mass is 16.3. The zero-order chi connectivity index (χ0) is 24.9. The number of carbonyl (C=O) groups is 2. The van der Waals surface area contributed by atoms with Crippen molar-refractivity contribution >= 4 is 39.3 Å². The zero-order valence-electron chi connectivity index (χ0n) is 18.9. The van der Waals surface area contributed by atoms with Crippen LogP contribution in [0.1, 0.15) is 0 Å². The van der Waals surface area contributed by atoms with Crippen LogP contribution in [0.15, 0.2) is 72.6 Å². The lowest BCUT2D eigenvalue weighted by Crippen LogP contribution is -2.55. The lowest BCUT2D eigenvalue weighted by molar-refractivity contribution is -0.138. The minimum atomic E-state index is -0.760. The van der Waals surface area contributed by atoms with Crippen molar-refractivity contribution in [3.8, 4) is 11.1 Å². The minimum absolute atomic E-state index is 0.169. The third-order valence-electron chi connectivity index (χ3n) is 5.95. The van der Waals surface area contributed by atoms with Gasteiger partial charge >= 0.3 is 0 Å². The van der Waals surface area contributed by atoms with Crippen molar-refractivity contribution in [2.24, 2.45) is 7.05 Å². The summed E-state index contributed by atoms with van der Waals surface area (Å²) in [5.74, 6) is -1.26. The number of hydrogen-bond acceptors (Lipinski definition) is 6. The van der Waals surface area contributed by atoms with Crippen LogP contribution in [0.3, 0.4) is 0 Å². The molecule has 1 aliphatic heterocycles. The lowest BCUT2D eigenvalue weighted by Gasteiger charge is -2.36. The second kappa shape index (κ2) is 8.33. The van der Waals surface area contributed by atoms with Crippen molar-refractivity contribution < 1.29 is 14.7 Å². The molecule has 176 valence electrons. The highest BCUT2D eigenvalue weighted by molar-refractivity contribution is 6.15. The highest BCUT2D eigenvalue weighted by Gasteiger charge is 2.30. The van der Waals surface area contributed by atoms with Gasteiger partial charge in [-0.1, -0.05) is 37.4 Å². The molecule has 0 saturated carbocycles. The molecule has 1 aliphatic rings. The van der Waals surface area contributed by atoms with E-state index in [1.165, 1.54) is 11.2 Å². The summed E-state index contributed by atoms with van der Waals surface area (Å²) in [6.07, 6.45) is 2.59. The third-order valence-corrected chi connectivity index (χ3v) is 5.95. The van der Waals surface area contributed by atoms with E-state index < -0.39 is 23.5 Å². The van der Waals surface area contributed by atoms with Crippen molar-refractivity contribution in [2.45, 2.75) is 6.10 Å². The fourth-order valence-corrected chi connectivity index (χ4v) is 4.07. The molecule has 5 rings (SSSR count). The molecule has 0 aliphatic carbocycles. The Balaban J connectivity index is 1.43. The van der Waals surface area contributed by atoms with E-state index in [4.69, 9.17) is 0 Å². The zero-order valence-corrected chi connectivity index (χ0v) is 18.9. The Hall–Kier alpha value is -4.57. The number of aliphatic hydroxyl groups is 1. The molecular formula is C25H22N6O4. The number of aromatic nitrogens is 4. The summed E-state index contributed by atoms with van der Waals surface area (Å²) < 4.78 is 2.77. The number of β-amino-alcohol motifs (C(OH)–C–C–N with tert-alkyl or cyclic N) is 1. The molecule has 0 atom stereocenters. The van der Waals surface area contributed by atoms with Gasteiger partial charge in [-0.2, -0.15) is 5.10 Å². The third kappa shape index (κ3) is 3.89. The van der Waals surface area contributed by atoms with Crippen molar-refractivity contribution in [1.29, 1.82) is 0 Å². The first-order valence-electron chi connectivity index (χ1n) is 10.8. The van der Waals surface area contributed by atoms with Gasteiger partial charge in [0.2, 0.25) is 0 Å². The highest BCUT2D eigenvalue weighted by Crippen LogP contribution is 2.28. The fraction of sp³-hybridized carbons (Fsp3) is 0.160. The molecule has 35 heavy (non-hydrogen) atoms. The number of hydrogen-bond donors (Lipinski definition) is 2. The van der Waals surface area contributed by atoms with E-state index in [2.05, 4.69) is 28.6 Å². The average Bonchev–Trinajstić information content (AvgIpc) is 3.20. The van der Waals surface area contributed by atoms with Gasteiger partial charge in [0, 0.05) is 37.3 Å². The molecule has 0 bridgehead atoms. The van der Waals surface area contributed by atoms with Gasteiger partial charge < -0.3 is 15.3 Å². The minimum Gasteiger partial charge on any atom is -0.389 e. The van der Waals surface area contributed by atoms with Gasteiger partial charge in [0.1, 0.15) is 12.0 Å². The van der Waals surface area contributed by atoms with E-state index in [-0.39, 0.29) is 24.5 Å². The molecule has 10 heteroatoms. The number of nitrogens with one attached hydrogen (secondary N) is 1. The molecule has 4 aromatic rings. The quantitative estimate of drug-likeness (QED) is 0.424. The van der Waals surface area contributed by atoms with Crippen LogP contribution in [0.25, 0.3) is 38.6 Å². The Bertz CT molecular complexity index is 1610. The topological polar surface area (TPSA) is 122 Å². The predicted molar refractivity (Wildman–Crippen MR) is 131 cm³/mol. The second-order valence-electron chi connectivity index (χ2n) is 8.44. The van der Waals surface area contributed by atoms with Crippen LogP contribution in [-0.4, -0.2) is 60.3 Å². The monoisotopic (exact) mass is 470 g/mol. The van der Waals surface area contributed by atoms with Gasteiger partial charge in [0.25, 0.3) is 17.4 Å². The fourth-order valence-electron chi connectivity index (χ4n) is 4.07. The number of amides is 2. The summed E-state index contributed by atoms with van der Waals surface area (Å²) in [6, 6.07) is 11.1. The summed E-state index contributed by atoms with van der Waals surface area (Å²) >= 11 is 0. The number of nitrogens with zero attached hydrogens (tertiary/aromatic N) is 5. The Morgan fingerprint density at radius 3 is 2.69 bits per heavy atom. The van der Waals surface area contributed by atoms with Crippen LogP contribution in [0.4, 0.5) is 0 Å². The Morgan fingerprint density at radius 2 is 1.94 bits per heavy atom. The maximum Gasteiger partial charge on any atom is 0.272 e. The predicted octanol–water partition coefficient (Wildman–Crippen LogP) is 1.25. The van der Waals surface area contributed by atoms with E-state index in [9.17, 15) is 19.5 Å². The lowest BCUT2D eigenvalue weighted by atomic mass is 10.0. The van der Waals surface area contributed by atoms with Crippen molar-refractivity contribution in [2.75, 3.05) is 13.1 Å². The summed E-state index contributed by atoms with van der Waals surface area (Å²) in [4.78, 5) is 43.9. The molecule has 0 unspecified atom stereocenters. The molecule has 2 aromatic heterocycles. The van der Waals surface area contributed by atoms with Crippen LogP contribution in [-0.2, 0) is 16.6 Å². The smallest absolute Gasteiger partial charge is 0.272 e. The van der Waals surface area contributed by atoms with Crippen LogP contribution in [0.2, 0.25) is 0 Å². The Kier molecular flexibility index (Phi) is 5.29. The number of likely N-dealkylation sites (tertiary alicyclic amines) is 1. The number of aliphatic hydroxyl groups excluding tert-OH is 1. The summed E-state index contributed by atoms with van der Waals surface area (Å²) in [5, 5.41) is 17.5. The van der Waals surface area contributed by atoms with Gasteiger partial charge in [-0.15, -0.1) is 0 Å². The Morgan fingerprint density at radius 1 is 1.17 bits per heavy atom. The molecule has 2 amide bonds. The van der Waals surface area contributed by atoms with Crippen molar-refractivity contribution in [3.63, 3.8) is 0 Å². The largest absolute Gasteiger partial charge is 0.389 e. The Labute approximate surface area is 199 Å². The summed E-state index contributed by atoms with van der Waals surface area (Å²) in [7, 11) is 1.85. The van der Waals surface area contributed by atoms with E-state index >= 15 is 0 Å². The molecule has 3 heterocycles. The van der Waals surface area contributed by atoms with E-state index in [0.29, 0.717) is 10.9 Å². The van der Waals surface area contributed by atoms with Gasteiger partial charge in [-0.3, -0.25) is 23.6 Å². The summed E-state index contributed by atoms with van der Waals surface area (Å²) in [6.45, 7) is 7.65. The number of fused-ring (bicyclic) bond motifs is 2. The van der Waals surface area contributed by atoms with Crippen LogP contribution >= 0.6 is 0 Å². The summed E-state index contributed by atoms with van der Waals surface area (Å²) in [5.41, 5.74) is 2.06. The second-order valence-corrected chi connectivity index (χ2v) is 8.44. The first-order chi connectivity index (χ1) is 16.7. The molecule has 10 nitrogen and oxygen atoms in total. The van der Waals surface area contributed by atoms with Gasteiger partial charge in [0.05, 0.1) is 28.2 Å². The van der Waals surface area contributed by atoms with Crippen LogP contribution in [0, 0.1) is 0 Å². The number of aryl methyl sites for hydroxylation is 1.